The molecule has 0 amide bonds. The van der Waals surface area contributed by atoms with Crippen molar-refractivity contribution in [2.24, 2.45) is 5.92 Å². The van der Waals surface area contributed by atoms with Crippen molar-refractivity contribution in [1.82, 2.24) is 0 Å². The van der Waals surface area contributed by atoms with Gasteiger partial charge in [-0.25, -0.2) is 13.2 Å². The van der Waals surface area contributed by atoms with E-state index in [-0.39, 0.29) is 23.5 Å². The van der Waals surface area contributed by atoms with Crippen molar-refractivity contribution >= 4 is 21.8 Å². The molecule has 0 bridgehead atoms. The second kappa shape index (κ2) is 6.09. The highest BCUT2D eigenvalue weighted by Crippen LogP contribution is 2.22. The zero-order valence-corrected chi connectivity index (χ0v) is 12.1. The molecule has 1 aliphatic rings. The van der Waals surface area contributed by atoms with Crippen LogP contribution in [0.3, 0.4) is 0 Å². The van der Waals surface area contributed by atoms with Crippen LogP contribution in [0.15, 0.2) is 35.7 Å². The van der Waals surface area contributed by atoms with E-state index in [0.717, 1.165) is 5.41 Å². The molecule has 2 rings (SSSR count). The molecular formula is C14H14O6S. The summed E-state index contributed by atoms with van der Waals surface area (Å²) in [4.78, 5) is 23.4. The van der Waals surface area contributed by atoms with E-state index in [0.29, 0.717) is 0 Å². The van der Waals surface area contributed by atoms with Gasteiger partial charge in [0.1, 0.15) is 11.3 Å². The highest BCUT2D eigenvalue weighted by molar-refractivity contribution is 7.94. The Morgan fingerprint density at radius 3 is 2.62 bits per heavy atom. The van der Waals surface area contributed by atoms with Crippen LogP contribution < -0.4 is 4.74 Å². The average Bonchev–Trinajstić information content (AvgIpc) is 2.77. The predicted octanol–water partition coefficient (Wildman–Crippen LogP) is 1.33. The Labute approximate surface area is 122 Å². The molecule has 7 heteroatoms. The SMILES string of the molecule is COC(=O)c1ccccc1OC(=O)CC1C=CS(=O)(=O)C1. The molecule has 1 atom stereocenters. The Morgan fingerprint density at radius 2 is 2.00 bits per heavy atom. The van der Waals surface area contributed by atoms with Gasteiger partial charge < -0.3 is 9.47 Å². The van der Waals surface area contributed by atoms with Crippen LogP contribution >= 0.6 is 0 Å². The van der Waals surface area contributed by atoms with E-state index in [1.165, 1.54) is 25.3 Å². The lowest BCUT2D eigenvalue weighted by Gasteiger charge is -2.10. The third kappa shape index (κ3) is 3.91. The molecule has 1 unspecified atom stereocenters. The Hall–Kier alpha value is -2.15. The van der Waals surface area contributed by atoms with E-state index < -0.39 is 27.7 Å². The molecule has 1 heterocycles. The van der Waals surface area contributed by atoms with Gasteiger partial charge in [-0.2, -0.15) is 0 Å². The Bertz CT molecular complexity index is 689. The Morgan fingerprint density at radius 1 is 1.29 bits per heavy atom. The predicted molar refractivity (Wildman–Crippen MR) is 74.5 cm³/mol. The number of hydrogen-bond donors (Lipinski definition) is 0. The zero-order valence-electron chi connectivity index (χ0n) is 11.3. The molecule has 0 radical (unpaired) electrons. The minimum Gasteiger partial charge on any atom is -0.465 e. The molecule has 1 aliphatic heterocycles. The summed E-state index contributed by atoms with van der Waals surface area (Å²) < 4.78 is 32.3. The summed E-state index contributed by atoms with van der Waals surface area (Å²) in [5.41, 5.74) is 0.142. The topological polar surface area (TPSA) is 86.7 Å². The summed E-state index contributed by atoms with van der Waals surface area (Å²) in [6.45, 7) is 0. The van der Waals surface area contributed by atoms with Crippen LogP contribution in [-0.2, 0) is 19.4 Å². The number of carbonyl (C=O) groups excluding carboxylic acids is 2. The Kier molecular flexibility index (Phi) is 4.42. The number of rotatable bonds is 4. The van der Waals surface area contributed by atoms with Gasteiger partial charge in [0, 0.05) is 11.3 Å². The summed E-state index contributed by atoms with van der Waals surface area (Å²) in [7, 11) is -1.97. The highest BCUT2D eigenvalue weighted by atomic mass is 32.2. The molecule has 0 aliphatic carbocycles. The van der Waals surface area contributed by atoms with Crippen LogP contribution in [0.2, 0.25) is 0 Å². The quantitative estimate of drug-likeness (QED) is 0.616. The monoisotopic (exact) mass is 310 g/mol. The molecule has 0 spiro atoms. The summed E-state index contributed by atoms with van der Waals surface area (Å²) >= 11 is 0. The van der Waals surface area contributed by atoms with Crippen LogP contribution in [-0.4, -0.2) is 33.2 Å². The van der Waals surface area contributed by atoms with Crippen molar-refractivity contribution in [2.45, 2.75) is 6.42 Å². The van der Waals surface area contributed by atoms with Crippen LogP contribution in [0.25, 0.3) is 0 Å². The summed E-state index contributed by atoms with van der Waals surface area (Å²) in [6, 6.07) is 6.20. The molecule has 0 saturated carbocycles. The normalized spacial score (nSPS) is 19.2. The molecule has 1 aromatic carbocycles. The number of allylic oxidation sites excluding steroid dienone is 1. The van der Waals surface area contributed by atoms with Crippen molar-refractivity contribution in [1.29, 1.82) is 0 Å². The second-order valence-electron chi connectivity index (χ2n) is 4.58. The third-order valence-corrected chi connectivity index (χ3v) is 4.41. The van der Waals surface area contributed by atoms with E-state index >= 15 is 0 Å². The van der Waals surface area contributed by atoms with Crippen LogP contribution in [0.5, 0.6) is 5.75 Å². The molecule has 6 nitrogen and oxygen atoms in total. The minimum absolute atomic E-state index is 0.0642. The van der Waals surface area contributed by atoms with Gasteiger partial charge in [0.15, 0.2) is 9.84 Å². The molecular weight excluding hydrogens is 296 g/mol. The van der Waals surface area contributed by atoms with Crippen molar-refractivity contribution < 1.29 is 27.5 Å². The number of carbonyl (C=O) groups is 2. The van der Waals surface area contributed by atoms with Crippen molar-refractivity contribution in [3.05, 3.63) is 41.3 Å². The van der Waals surface area contributed by atoms with Crippen molar-refractivity contribution in [3.63, 3.8) is 0 Å². The van der Waals surface area contributed by atoms with Gasteiger partial charge in [0.05, 0.1) is 19.3 Å². The molecule has 112 valence electrons. The standard InChI is InChI=1S/C14H14O6S/c1-19-14(16)11-4-2-3-5-12(11)20-13(15)8-10-6-7-21(17,18)9-10/h2-7,10H,8-9H2,1H3. The lowest BCUT2D eigenvalue weighted by molar-refractivity contribution is -0.134. The van der Waals surface area contributed by atoms with Crippen molar-refractivity contribution in [2.75, 3.05) is 12.9 Å². The van der Waals surface area contributed by atoms with Gasteiger partial charge in [-0.15, -0.1) is 0 Å². The minimum atomic E-state index is -3.20. The largest absolute Gasteiger partial charge is 0.465 e. The van der Waals surface area contributed by atoms with Crippen LogP contribution in [0.4, 0.5) is 0 Å². The van der Waals surface area contributed by atoms with Gasteiger partial charge in [0.2, 0.25) is 0 Å². The van der Waals surface area contributed by atoms with Gasteiger partial charge in [-0.05, 0) is 12.1 Å². The number of benzene rings is 1. The number of esters is 2. The number of sulfone groups is 1. The van der Waals surface area contributed by atoms with E-state index in [1.54, 1.807) is 12.1 Å². The van der Waals surface area contributed by atoms with E-state index in [9.17, 15) is 18.0 Å². The fraction of sp³-hybridized carbons (Fsp3) is 0.286. The first-order valence-electron chi connectivity index (χ1n) is 6.20. The summed E-state index contributed by atoms with van der Waals surface area (Å²) in [5.74, 6) is -1.60. The number of ether oxygens (including phenoxy) is 2. The molecule has 0 N–H and O–H groups in total. The summed E-state index contributed by atoms with van der Waals surface area (Å²) in [6.07, 6.45) is 1.41. The molecule has 21 heavy (non-hydrogen) atoms. The van der Waals surface area contributed by atoms with Gasteiger partial charge >= 0.3 is 11.9 Å². The maximum Gasteiger partial charge on any atom is 0.341 e. The first-order chi connectivity index (χ1) is 9.91. The van der Waals surface area contributed by atoms with Crippen LogP contribution in [0.1, 0.15) is 16.8 Å². The van der Waals surface area contributed by atoms with Gasteiger partial charge in [0.25, 0.3) is 0 Å². The lowest BCUT2D eigenvalue weighted by Crippen LogP contribution is -2.17. The van der Waals surface area contributed by atoms with Gasteiger partial charge in [-0.1, -0.05) is 18.2 Å². The average molecular weight is 310 g/mol. The number of para-hydroxylation sites is 1. The van der Waals surface area contributed by atoms with Crippen molar-refractivity contribution in [3.8, 4) is 5.75 Å². The summed E-state index contributed by atoms with van der Waals surface area (Å²) in [5, 5.41) is 1.10. The zero-order chi connectivity index (χ0) is 15.5. The number of hydrogen-bond acceptors (Lipinski definition) is 6. The fourth-order valence-electron chi connectivity index (χ4n) is 1.98. The lowest BCUT2D eigenvalue weighted by atomic mass is 10.1. The maximum atomic E-state index is 11.8. The maximum absolute atomic E-state index is 11.8. The number of methoxy groups -OCH3 is 1. The molecule has 0 aromatic heterocycles. The molecule has 0 fully saturated rings. The van der Waals surface area contributed by atoms with Gasteiger partial charge in [-0.3, -0.25) is 4.79 Å². The Balaban J connectivity index is 2.04. The second-order valence-corrected chi connectivity index (χ2v) is 6.52. The smallest absolute Gasteiger partial charge is 0.341 e. The third-order valence-electron chi connectivity index (χ3n) is 2.95. The van der Waals surface area contributed by atoms with E-state index in [4.69, 9.17) is 4.74 Å². The van der Waals surface area contributed by atoms with E-state index in [2.05, 4.69) is 4.74 Å². The van der Waals surface area contributed by atoms with Crippen LogP contribution in [0, 0.1) is 5.92 Å². The first kappa shape index (κ1) is 15.2. The fourth-order valence-corrected chi connectivity index (χ4v) is 3.38. The first-order valence-corrected chi connectivity index (χ1v) is 7.92. The molecule has 1 aromatic rings. The molecule has 0 saturated heterocycles. The van der Waals surface area contributed by atoms with E-state index in [1.807, 2.05) is 0 Å². The highest BCUT2D eigenvalue weighted by Gasteiger charge is 2.25.